The Kier molecular flexibility index (Phi) is 2.95. The molecule has 0 unspecified atom stereocenters. The number of carbonyl (C=O) groups excluding carboxylic acids is 1. The average molecular weight is 171 g/mol. The first-order valence-electron chi connectivity index (χ1n) is 4.52. The summed E-state index contributed by atoms with van der Waals surface area (Å²) in [5.41, 5.74) is 0. The SMILES string of the molecule is CC[C@@H]1CN(C(=O)OC)C[C@@H]1C. The third-order valence-corrected chi connectivity index (χ3v) is 2.73. The zero-order valence-corrected chi connectivity index (χ0v) is 8.04. The number of ether oxygens (including phenoxy) is 1. The first-order valence-corrected chi connectivity index (χ1v) is 4.52. The van der Waals surface area contributed by atoms with Crippen LogP contribution in [-0.4, -0.2) is 31.2 Å². The van der Waals surface area contributed by atoms with Gasteiger partial charge >= 0.3 is 6.09 Å². The highest BCUT2D eigenvalue weighted by Crippen LogP contribution is 2.25. The predicted molar refractivity (Wildman–Crippen MR) is 46.9 cm³/mol. The van der Waals surface area contributed by atoms with Gasteiger partial charge in [-0.2, -0.15) is 0 Å². The summed E-state index contributed by atoms with van der Waals surface area (Å²) in [6.45, 7) is 6.08. The highest BCUT2D eigenvalue weighted by Gasteiger charge is 2.31. The van der Waals surface area contributed by atoms with Crippen LogP contribution in [-0.2, 0) is 4.74 Å². The van der Waals surface area contributed by atoms with Crippen molar-refractivity contribution in [2.45, 2.75) is 20.3 Å². The molecule has 0 aromatic rings. The highest BCUT2D eigenvalue weighted by atomic mass is 16.5. The van der Waals surface area contributed by atoms with E-state index < -0.39 is 0 Å². The third kappa shape index (κ3) is 1.71. The Balaban J connectivity index is 2.48. The van der Waals surface area contributed by atoms with E-state index >= 15 is 0 Å². The number of hydrogen-bond acceptors (Lipinski definition) is 2. The van der Waals surface area contributed by atoms with Crippen molar-refractivity contribution in [1.82, 2.24) is 4.90 Å². The molecule has 0 aromatic heterocycles. The van der Waals surface area contributed by atoms with Crippen molar-refractivity contribution in [3.63, 3.8) is 0 Å². The number of hydrogen-bond donors (Lipinski definition) is 0. The molecule has 2 atom stereocenters. The van der Waals surface area contributed by atoms with Gasteiger partial charge in [-0.25, -0.2) is 4.79 Å². The van der Waals surface area contributed by atoms with Gasteiger partial charge in [0.15, 0.2) is 0 Å². The Morgan fingerprint density at radius 2 is 2.25 bits per heavy atom. The minimum Gasteiger partial charge on any atom is -0.453 e. The molecule has 0 radical (unpaired) electrons. The van der Waals surface area contributed by atoms with Crippen molar-refractivity contribution in [3.05, 3.63) is 0 Å². The average Bonchev–Trinajstić information content (AvgIpc) is 2.45. The maximum Gasteiger partial charge on any atom is 0.409 e. The van der Waals surface area contributed by atoms with Crippen molar-refractivity contribution in [3.8, 4) is 0 Å². The molecule has 0 N–H and O–H groups in total. The lowest BCUT2D eigenvalue weighted by atomic mass is 9.96. The first kappa shape index (κ1) is 9.36. The normalized spacial score (nSPS) is 29.1. The molecular formula is C9H17NO2. The minimum atomic E-state index is -0.183. The van der Waals surface area contributed by atoms with E-state index in [9.17, 15) is 4.79 Å². The Morgan fingerprint density at radius 1 is 1.58 bits per heavy atom. The molecule has 1 heterocycles. The maximum atomic E-state index is 11.1. The standard InChI is InChI=1S/C9H17NO2/c1-4-8-6-10(5-7(8)2)9(11)12-3/h7-8H,4-6H2,1-3H3/t7-,8+/m0/s1. The molecule has 1 fully saturated rings. The summed E-state index contributed by atoms with van der Waals surface area (Å²) in [5, 5.41) is 0. The molecule has 12 heavy (non-hydrogen) atoms. The zero-order valence-electron chi connectivity index (χ0n) is 8.04. The van der Waals surface area contributed by atoms with Crippen LogP contribution >= 0.6 is 0 Å². The molecule has 0 spiro atoms. The summed E-state index contributed by atoms with van der Waals surface area (Å²) in [6.07, 6.45) is 0.965. The topological polar surface area (TPSA) is 29.5 Å². The van der Waals surface area contributed by atoms with Gasteiger partial charge in [0.1, 0.15) is 0 Å². The Labute approximate surface area is 73.7 Å². The van der Waals surface area contributed by atoms with E-state index in [1.165, 1.54) is 7.11 Å². The number of amides is 1. The lowest BCUT2D eigenvalue weighted by molar-refractivity contribution is 0.131. The molecule has 0 saturated carbocycles. The van der Waals surface area contributed by atoms with Crippen LogP contribution in [0.2, 0.25) is 0 Å². The van der Waals surface area contributed by atoms with Crippen molar-refractivity contribution < 1.29 is 9.53 Å². The van der Waals surface area contributed by atoms with E-state index in [1.54, 1.807) is 4.90 Å². The van der Waals surface area contributed by atoms with Crippen molar-refractivity contribution >= 4 is 6.09 Å². The van der Waals surface area contributed by atoms with Gasteiger partial charge < -0.3 is 9.64 Å². The summed E-state index contributed by atoms with van der Waals surface area (Å²) in [7, 11) is 1.44. The highest BCUT2D eigenvalue weighted by molar-refractivity contribution is 5.67. The molecule has 1 saturated heterocycles. The van der Waals surface area contributed by atoms with E-state index in [4.69, 9.17) is 0 Å². The summed E-state index contributed by atoms with van der Waals surface area (Å²) >= 11 is 0. The van der Waals surface area contributed by atoms with Crippen LogP contribution in [0.4, 0.5) is 4.79 Å². The van der Waals surface area contributed by atoms with Gasteiger partial charge in [0, 0.05) is 13.1 Å². The van der Waals surface area contributed by atoms with Gasteiger partial charge in [-0.3, -0.25) is 0 Å². The van der Waals surface area contributed by atoms with Gasteiger partial charge in [0.05, 0.1) is 7.11 Å². The largest absolute Gasteiger partial charge is 0.453 e. The molecule has 1 amide bonds. The van der Waals surface area contributed by atoms with E-state index in [0.29, 0.717) is 11.8 Å². The van der Waals surface area contributed by atoms with E-state index in [2.05, 4.69) is 18.6 Å². The zero-order chi connectivity index (χ0) is 9.14. The Hall–Kier alpha value is -0.730. The fourth-order valence-electron chi connectivity index (χ4n) is 1.84. The fourth-order valence-corrected chi connectivity index (χ4v) is 1.84. The summed E-state index contributed by atoms with van der Waals surface area (Å²) in [4.78, 5) is 12.9. The molecular weight excluding hydrogens is 154 g/mol. The molecule has 1 aliphatic rings. The second-order valence-corrected chi connectivity index (χ2v) is 3.52. The fraction of sp³-hybridized carbons (Fsp3) is 0.889. The monoisotopic (exact) mass is 171 g/mol. The van der Waals surface area contributed by atoms with Crippen LogP contribution in [0, 0.1) is 11.8 Å². The first-order chi connectivity index (χ1) is 5.69. The molecule has 3 heteroatoms. The molecule has 0 bridgehead atoms. The predicted octanol–water partition coefficient (Wildman–Crippen LogP) is 1.73. The molecule has 0 aliphatic carbocycles. The molecule has 1 aliphatic heterocycles. The third-order valence-electron chi connectivity index (χ3n) is 2.73. The lowest BCUT2D eigenvalue weighted by Gasteiger charge is -2.13. The van der Waals surface area contributed by atoms with Gasteiger partial charge in [0.2, 0.25) is 0 Å². The van der Waals surface area contributed by atoms with Crippen LogP contribution in [0.1, 0.15) is 20.3 Å². The van der Waals surface area contributed by atoms with Crippen molar-refractivity contribution in [2.24, 2.45) is 11.8 Å². The van der Waals surface area contributed by atoms with Gasteiger partial charge in [0.25, 0.3) is 0 Å². The number of nitrogens with zero attached hydrogens (tertiary/aromatic N) is 1. The van der Waals surface area contributed by atoms with Crippen molar-refractivity contribution in [2.75, 3.05) is 20.2 Å². The second kappa shape index (κ2) is 3.78. The number of likely N-dealkylation sites (tertiary alicyclic amines) is 1. The van der Waals surface area contributed by atoms with Gasteiger partial charge in [-0.15, -0.1) is 0 Å². The Bertz CT molecular complexity index is 170. The summed E-state index contributed by atoms with van der Waals surface area (Å²) in [5.74, 6) is 1.28. The van der Waals surface area contributed by atoms with Crippen LogP contribution in [0.3, 0.4) is 0 Å². The second-order valence-electron chi connectivity index (χ2n) is 3.52. The van der Waals surface area contributed by atoms with E-state index in [1.807, 2.05) is 0 Å². The van der Waals surface area contributed by atoms with Gasteiger partial charge in [-0.1, -0.05) is 20.3 Å². The van der Waals surface area contributed by atoms with Gasteiger partial charge in [-0.05, 0) is 11.8 Å². The molecule has 0 aromatic carbocycles. The Morgan fingerprint density at radius 3 is 2.67 bits per heavy atom. The van der Waals surface area contributed by atoms with Crippen molar-refractivity contribution in [1.29, 1.82) is 0 Å². The summed E-state index contributed by atoms with van der Waals surface area (Å²) < 4.78 is 4.66. The summed E-state index contributed by atoms with van der Waals surface area (Å²) in [6, 6.07) is 0. The number of rotatable bonds is 1. The van der Waals surface area contributed by atoms with E-state index in [0.717, 1.165) is 19.5 Å². The number of carbonyl (C=O) groups is 1. The van der Waals surface area contributed by atoms with Crippen LogP contribution < -0.4 is 0 Å². The number of methoxy groups -OCH3 is 1. The quantitative estimate of drug-likeness (QED) is 0.601. The minimum absolute atomic E-state index is 0.183. The maximum absolute atomic E-state index is 11.1. The molecule has 70 valence electrons. The van der Waals surface area contributed by atoms with E-state index in [-0.39, 0.29) is 6.09 Å². The lowest BCUT2D eigenvalue weighted by Crippen LogP contribution is -2.28. The van der Waals surface area contributed by atoms with Crippen LogP contribution in [0.5, 0.6) is 0 Å². The van der Waals surface area contributed by atoms with Crippen LogP contribution in [0.15, 0.2) is 0 Å². The smallest absolute Gasteiger partial charge is 0.409 e. The van der Waals surface area contributed by atoms with Crippen LogP contribution in [0.25, 0.3) is 0 Å². The molecule has 1 rings (SSSR count). The molecule has 3 nitrogen and oxygen atoms in total.